The molecule has 1 fully saturated rings. The van der Waals surface area contributed by atoms with E-state index in [1.807, 2.05) is 6.07 Å². The van der Waals surface area contributed by atoms with E-state index < -0.39 is 0 Å². The highest BCUT2D eigenvalue weighted by atomic mass is 35.5. The van der Waals surface area contributed by atoms with E-state index in [-0.39, 0.29) is 0 Å². The molecule has 2 N–H and O–H groups in total. The van der Waals surface area contributed by atoms with Crippen molar-refractivity contribution in [3.05, 3.63) is 17.3 Å². The van der Waals surface area contributed by atoms with Gasteiger partial charge in [0.05, 0.1) is 5.69 Å². The van der Waals surface area contributed by atoms with Gasteiger partial charge in [-0.25, -0.2) is 4.98 Å². The Morgan fingerprint density at radius 1 is 1.38 bits per heavy atom. The first kappa shape index (κ1) is 11.5. The monoisotopic (exact) mass is 239 g/mol. The molecule has 4 heteroatoms. The second-order valence-electron chi connectivity index (χ2n) is 4.74. The van der Waals surface area contributed by atoms with Gasteiger partial charge in [0.15, 0.2) is 5.82 Å². The van der Waals surface area contributed by atoms with Crippen LogP contribution in [0.4, 0.5) is 11.5 Å². The lowest BCUT2D eigenvalue weighted by molar-refractivity contribution is 0.323. The summed E-state index contributed by atoms with van der Waals surface area (Å²) >= 11 is 5.91. The summed E-state index contributed by atoms with van der Waals surface area (Å²) < 4.78 is 0. The zero-order chi connectivity index (χ0) is 11.7. The maximum atomic E-state index is 5.94. The summed E-state index contributed by atoms with van der Waals surface area (Å²) in [6.45, 7) is 6.61. The van der Waals surface area contributed by atoms with E-state index in [0.29, 0.717) is 16.8 Å². The van der Waals surface area contributed by atoms with Crippen LogP contribution in [0.25, 0.3) is 0 Å². The third-order valence-corrected chi connectivity index (χ3v) is 3.72. The molecule has 0 aliphatic carbocycles. The van der Waals surface area contributed by atoms with Gasteiger partial charge in [0.2, 0.25) is 0 Å². The number of rotatable bonds is 1. The number of hydrogen-bond donors (Lipinski definition) is 1. The van der Waals surface area contributed by atoms with Crippen LogP contribution in [0.5, 0.6) is 0 Å². The smallest absolute Gasteiger partial charge is 0.153 e. The van der Waals surface area contributed by atoms with E-state index in [1.54, 1.807) is 6.07 Å². The minimum absolute atomic E-state index is 0.510. The van der Waals surface area contributed by atoms with E-state index in [9.17, 15) is 0 Å². The van der Waals surface area contributed by atoms with Gasteiger partial charge >= 0.3 is 0 Å². The summed E-state index contributed by atoms with van der Waals surface area (Å²) in [7, 11) is 0. The molecule has 1 aliphatic rings. The van der Waals surface area contributed by atoms with E-state index in [1.165, 1.54) is 6.42 Å². The van der Waals surface area contributed by atoms with Gasteiger partial charge in [-0.15, -0.1) is 0 Å². The van der Waals surface area contributed by atoms with Gasteiger partial charge in [-0.2, -0.15) is 0 Å². The summed E-state index contributed by atoms with van der Waals surface area (Å²) in [5.41, 5.74) is 6.65. The van der Waals surface area contributed by atoms with E-state index in [2.05, 4.69) is 23.7 Å². The normalized spacial score (nSPS) is 25.8. The SMILES string of the molecule is CC1CCN(c2nc(Cl)ccc2N)CC1C. The highest BCUT2D eigenvalue weighted by Gasteiger charge is 2.24. The minimum Gasteiger partial charge on any atom is -0.396 e. The fourth-order valence-electron chi connectivity index (χ4n) is 2.14. The van der Waals surface area contributed by atoms with Crippen LogP contribution >= 0.6 is 11.6 Å². The van der Waals surface area contributed by atoms with E-state index >= 15 is 0 Å². The van der Waals surface area contributed by atoms with Gasteiger partial charge in [-0.1, -0.05) is 25.4 Å². The maximum absolute atomic E-state index is 5.94. The lowest BCUT2D eigenvalue weighted by Gasteiger charge is -2.36. The van der Waals surface area contributed by atoms with Crippen molar-refractivity contribution in [1.29, 1.82) is 0 Å². The summed E-state index contributed by atoms with van der Waals surface area (Å²) in [5, 5.41) is 0.510. The molecular formula is C12H18ClN3. The molecule has 1 aromatic rings. The quantitative estimate of drug-likeness (QED) is 0.767. The van der Waals surface area contributed by atoms with Crippen molar-refractivity contribution < 1.29 is 0 Å². The number of aromatic nitrogens is 1. The van der Waals surface area contributed by atoms with Crippen molar-refractivity contribution in [2.24, 2.45) is 11.8 Å². The lowest BCUT2D eigenvalue weighted by atomic mass is 9.89. The van der Waals surface area contributed by atoms with Gasteiger partial charge in [0, 0.05) is 13.1 Å². The number of anilines is 2. The van der Waals surface area contributed by atoms with Crippen molar-refractivity contribution in [2.75, 3.05) is 23.7 Å². The molecule has 0 aromatic carbocycles. The second-order valence-corrected chi connectivity index (χ2v) is 5.12. The highest BCUT2D eigenvalue weighted by molar-refractivity contribution is 6.29. The first-order chi connectivity index (χ1) is 7.58. The van der Waals surface area contributed by atoms with Crippen LogP contribution in [0.1, 0.15) is 20.3 Å². The van der Waals surface area contributed by atoms with Crippen molar-refractivity contribution in [3.8, 4) is 0 Å². The Kier molecular flexibility index (Phi) is 3.24. The summed E-state index contributed by atoms with van der Waals surface area (Å²) in [5.74, 6) is 2.29. The molecule has 2 rings (SSSR count). The molecule has 16 heavy (non-hydrogen) atoms. The molecule has 2 unspecified atom stereocenters. The third-order valence-electron chi connectivity index (χ3n) is 3.50. The average molecular weight is 240 g/mol. The molecule has 2 heterocycles. The topological polar surface area (TPSA) is 42.2 Å². The Balaban J connectivity index is 2.21. The predicted octanol–water partition coefficient (Wildman–Crippen LogP) is 2.80. The number of nitrogens with zero attached hydrogens (tertiary/aromatic N) is 2. The lowest BCUT2D eigenvalue weighted by Crippen LogP contribution is -2.39. The molecule has 1 aromatic heterocycles. The molecule has 0 amide bonds. The standard InChI is InChI=1S/C12H18ClN3/c1-8-5-6-16(7-9(8)2)12-10(14)3-4-11(13)15-12/h3-4,8-9H,5-7,14H2,1-2H3. The Morgan fingerprint density at radius 2 is 2.12 bits per heavy atom. The molecule has 0 spiro atoms. The van der Waals surface area contributed by atoms with Crippen LogP contribution in [-0.4, -0.2) is 18.1 Å². The number of pyridine rings is 1. The Hall–Kier alpha value is -0.960. The van der Waals surface area contributed by atoms with E-state index in [0.717, 1.165) is 24.8 Å². The van der Waals surface area contributed by atoms with Crippen LogP contribution in [0.15, 0.2) is 12.1 Å². The first-order valence-electron chi connectivity index (χ1n) is 5.75. The van der Waals surface area contributed by atoms with Gasteiger partial charge in [0.1, 0.15) is 5.15 Å². The zero-order valence-corrected chi connectivity index (χ0v) is 10.5. The number of hydrogen-bond acceptors (Lipinski definition) is 3. The molecule has 1 saturated heterocycles. The largest absolute Gasteiger partial charge is 0.396 e. The van der Waals surface area contributed by atoms with Crippen LogP contribution < -0.4 is 10.6 Å². The second kappa shape index (κ2) is 4.50. The fourth-order valence-corrected chi connectivity index (χ4v) is 2.29. The molecule has 0 saturated carbocycles. The van der Waals surface area contributed by atoms with Gasteiger partial charge in [-0.3, -0.25) is 0 Å². The Morgan fingerprint density at radius 3 is 2.81 bits per heavy atom. The fraction of sp³-hybridized carbons (Fsp3) is 0.583. The summed E-state index contributed by atoms with van der Waals surface area (Å²) in [6, 6.07) is 3.56. The van der Waals surface area contributed by atoms with Crippen LogP contribution in [0.2, 0.25) is 5.15 Å². The number of nitrogen functional groups attached to an aromatic ring is 1. The molecule has 1 aliphatic heterocycles. The van der Waals surface area contributed by atoms with Gasteiger partial charge in [0.25, 0.3) is 0 Å². The van der Waals surface area contributed by atoms with Crippen LogP contribution in [0, 0.1) is 11.8 Å². The molecule has 88 valence electrons. The van der Waals surface area contributed by atoms with Gasteiger partial charge < -0.3 is 10.6 Å². The maximum Gasteiger partial charge on any atom is 0.153 e. The molecular weight excluding hydrogens is 222 g/mol. The molecule has 2 atom stereocenters. The van der Waals surface area contributed by atoms with Gasteiger partial charge in [-0.05, 0) is 30.4 Å². The van der Waals surface area contributed by atoms with Crippen molar-refractivity contribution in [2.45, 2.75) is 20.3 Å². The van der Waals surface area contributed by atoms with Crippen LogP contribution in [0.3, 0.4) is 0 Å². The van der Waals surface area contributed by atoms with Crippen LogP contribution in [-0.2, 0) is 0 Å². The van der Waals surface area contributed by atoms with Crippen molar-refractivity contribution in [1.82, 2.24) is 4.98 Å². The minimum atomic E-state index is 0.510. The Bertz CT molecular complexity index is 381. The molecule has 0 bridgehead atoms. The predicted molar refractivity (Wildman–Crippen MR) is 68.8 cm³/mol. The van der Waals surface area contributed by atoms with E-state index in [4.69, 9.17) is 17.3 Å². The Labute approximate surface area is 102 Å². The zero-order valence-electron chi connectivity index (χ0n) is 9.78. The summed E-state index contributed by atoms with van der Waals surface area (Å²) in [6.07, 6.45) is 1.19. The van der Waals surface area contributed by atoms with Crippen molar-refractivity contribution in [3.63, 3.8) is 0 Å². The first-order valence-corrected chi connectivity index (χ1v) is 6.12. The number of piperidine rings is 1. The number of halogens is 1. The number of nitrogens with two attached hydrogens (primary N) is 1. The highest BCUT2D eigenvalue weighted by Crippen LogP contribution is 2.29. The third kappa shape index (κ3) is 2.24. The average Bonchev–Trinajstić information content (AvgIpc) is 2.26. The molecule has 0 radical (unpaired) electrons. The summed E-state index contributed by atoms with van der Waals surface area (Å²) in [4.78, 5) is 6.56. The molecule has 3 nitrogen and oxygen atoms in total. The van der Waals surface area contributed by atoms with Crippen molar-refractivity contribution >= 4 is 23.1 Å².